The fraction of sp³-hybridized carbons (Fsp3) is 0.448. The number of piperidine rings is 1. The van der Waals surface area contributed by atoms with Crippen LogP contribution < -0.4 is 9.62 Å². The smallest absolute Gasteiger partial charge is 0.380 e. The molecule has 0 amide bonds. The van der Waals surface area contributed by atoms with Gasteiger partial charge >= 0.3 is 6.18 Å². The van der Waals surface area contributed by atoms with Gasteiger partial charge in [0.1, 0.15) is 23.8 Å². The largest absolute Gasteiger partial charge is 0.416 e. The summed E-state index contributed by atoms with van der Waals surface area (Å²) >= 11 is 0. The van der Waals surface area contributed by atoms with Crippen LogP contribution >= 0.6 is 0 Å². The van der Waals surface area contributed by atoms with Crippen molar-refractivity contribution in [2.75, 3.05) is 43.0 Å². The van der Waals surface area contributed by atoms with Gasteiger partial charge in [-0.05, 0) is 69.0 Å². The summed E-state index contributed by atoms with van der Waals surface area (Å²) < 4.78 is 104. The lowest BCUT2D eigenvalue weighted by Gasteiger charge is -2.51. The van der Waals surface area contributed by atoms with E-state index in [-0.39, 0.29) is 17.5 Å². The Kier molecular flexibility index (Phi) is 8.91. The highest BCUT2D eigenvalue weighted by Crippen LogP contribution is 2.38. The van der Waals surface area contributed by atoms with E-state index < -0.39 is 43.8 Å². The van der Waals surface area contributed by atoms with Crippen LogP contribution in [0.2, 0.25) is 0 Å². The van der Waals surface area contributed by atoms with Gasteiger partial charge in [0.2, 0.25) is 0 Å². The van der Waals surface area contributed by atoms with E-state index in [1.807, 2.05) is 11.9 Å². The lowest BCUT2D eigenvalue weighted by atomic mass is 9.80. The molecule has 0 spiro atoms. The van der Waals surface area contributed by atoms with Crippen LogP contribution in [0.15, 0.2) is 59.9 Å². The van der Waals surface area contributed by atoms with Crippen LogP contribution in [0.5, 0.6) is 0 Å². The van der Waals surface area contributed by atoms with E-state index in [9.17, 15) is 21.6 Å². The molecule has 2 fully saturated rings. The monoisotopic (exact) mass is 625 g/mol. The van der Waals surface area contributed by atoms with E-state index in [1.54, 1.807) is 6.07 Å². The van der Waals surface area contributed by atoms with Crippen molar-refractivity contribution in [2.45, 2.75) is 54.8 Å². The van der Waals surface area contributed by atoms with Crippen molar-refractivity contribution >= 4 is 21.5 Å². The average molecular weight is 626 g/mol. The third kappa shape index (κ3) is 6.91. The quantitative estimate of drug-likeness (QED) is 0.325. The second kappa shape index (κ2) is 12.3. The Bertz CT molecular complexity index is 1510. The molecule has 0 saturated carbocycles. The van der Waals surface area contributed by atoms with Gasteiger partial charge in [0.15, 0.2) is 4.90 Å². The van der Waals surface area contributed by atoms with Gasteiger partial charge in [0.25, 0.3) is 10.0 Å². The average Bonchev–Trinajstić information content (AvgIpc) is 3.50. The number of aryl methyl sites for hydroxylation is 1. The van der Waals surface area contributed by atoms with Gasteiger partial charge in [-0.3, -0.25) is 9.62 Å². The van der Waals surface area contributed by atoms with Crippen molar-refractivity contribution in [3.8, 4) is 0 Å². The number of likely N-dealkylation sites (N-methyl/N-ethyl adjacent to an activating group) is 1. The van der Waals surface area contributed by atoms with Gasteiger partial charge in [-0.15, -0.1) is 0 Å². The molecule has 0 aliphatic carbocycles. The molecule has 43 heavy (non-hydrogen) atoms. The first-order valence-corrected chi connectivity index (χ1v) is 15.4. The number of halogens is 5. The molecule has 3 heterocycles. The number of hydrogen-bond acceptors (Lipinski definition) is 7. The van der Waals surface area contributed by atoms with Crippen molar-refractivity contribution in [1.82, 2.24) is 14.9 Å². The van der Waals surface area contributed by atoms with Crippen LogP contribution in [0.25, 0.3) is 0 Å². The summed E-state index contributed by atoms with van der Waals surface area (Å²) in [7, 11) is -2.67. The normalized spacial score (nSPS) is 21.4. The van der Waals surface area contributed by atoms with Crippen molar-refractivity contribution in [1.29, 1.82) is 0 Å². The molecule has 2 atom stereocenters. The van der Waals surface area contributed by atoms with Crippen molar-refractivity contribution < 1.29 is 35.1 Å². The van der Waals surface area contributed by atoms with Crippen molar-refractivity contribution in [3.63, 3.8) is 0 Å². The predicted octanol–water partition coefficient (Wildman–Crippen LogP) is 5.27. The Balaban J connectivity index is 1.42. The fourth-order valence-corrected chi connectivity index (χ4v) is 7.15. The Hall–Kier alpha value is -3.36. The van der Waals surface area contributed by atoms with Gasteiger partial charge < -0.3 is 9.64 Å². The molecular formula is C29H32F5N5O3S. The summed E-state index contributed by atoms with van der Waals surface area (Å²) in [5.41, 5.74) is -0.533. The molecule has 232 valence electrons. The Morgan fingerprint density at radius 1 is 1.16 bits per heavy atom. The minimum absolute atomic E-state index is 0.0790. The number of ether oxygens (including phenoxy) is 1. The van der Waals surface area contributed by atoms with E-state index in [2.05, 4.69) is 19.6 Å². The third-order valence-corrected chi connectivity index (χ3v) is 9.73. The molecule has 2 aliphatic rings. The minimum atomic E-state index is -4.63. The molecule has 2 aromatic carbocycles. The number of nitrogens with one attached hydrogen (secondary N) is 1. The highest BCUT2D eigenvalue weighted by atomic mass is 32.2. The number of anilines is 2. The van der Waals surface area contributed by atoms with E-state index in [4.69, 9.17) is 4.74 Å². The van der Waals surface area contributed by atoms with E-state index in [0.717, 1.165) is 43.4 Å². The number of alkyl halides is 3. The molecule has 2 saturated heterocycles. The van der Waals surface area contributed by atoms with Crippen LogP contribution in [0, 0.1) is 11.6 Å². The number of benzene rings is 2. The summed E-state index contributed by atoms with van der Waals surface area (Å²) in [6, 6.07) is 8.59. The van der Waals surface area contributed by atoms with E-state index in [1.165, 1.54) is 18.3 Å². The van der Waals surface area contributed by atoms with Crippen LogP contribution in [-0.4, -0.2) is 68.2 Å². The van der Waals surface area contributed by atoms with E-state index >= 15 is 8.78 Å². The first-order chi connectivity index (χ1) is 20.4. The number of hydrogen-bond donors (Lipinski definition) is 1. The van der Waals surface area contributed by atoms with Gasteiger partial charge in [-0.2, -0.15) is 13.2 Å². The van der Waals surface area contributed by atoms with Gasteiger partial charge in [-0.1, -0.05) is 18.2 Å². The maximum absolute atomic E-state index is 15.3. The lowest BCUT2D eigenvalue weighted by Crippen LogP contribution is -2.60. The zero-order valence-corrected chi connectivity index (χ0v) is 24.3. The van der Waals surface area contributed by atoms with Crippen LogP contribution in [0.3, 0.4) is 0 Å². The maximum Gasteiger partial charge on any atom is 0.416 e. The number of rotatable bonds is 9. The fourth-order valence-electron chi connectivity index (χ4n) is 6.02. The van der Waals surface area contributed by atoms with Crippen LogP contribution in [0.1, 0.15) is 36.8 Å². The Labute approximate surface area is 246 Å². The SMILES string of the molecule is CN([C@@H]1CCOC1)[C@]1(CCc2cccc(C(F)(F)F)c2)CCCN(c2cc(F)c(S(=O)(=O)Nc3ccncn3)c(F)c2)C1. The zero-order chi connectivity index (χ0) is 30.8. The molecule has 3 aromatic rings. The summed E-state index contributed by atoms with van der Waals surface area (Å²) in [6.07, 6.45) is 0.947. The highest BCUT2D eigenvalue weighted by molar-refractivity contribution is 7.92. The van der Waals surface area contributed by atoms with Gasteiger partial charge in [0, 0.05) is 43.2 Å². The van der Waals surface area contributed by atoms with E-state index in [0.29, 0.717) is 51.1 Å². The molecule has 0 radical (unpaired) electrons. The standard InChI is InChI=1S/C29H32F5N5O3S/c1-38(22-8-13-42-17-22)28(10-6-20-4-2-5-21(14-20)29(32,33)34)9-3-12-39(18-28)23-15-24(30)27(25(31)16-23)43(40,41)37-26-7-11-35-19-36-26/h2,4-5,7,11,14-16,19,22H,3,6,8-10,12-13,17-18H2,1H3,(H,35,36,37)/t22-,28+/m1/s1. The minimum Gasteiger partial charge on any atom is -0.380 e. The molecule has 2 aliphatic heterocycles. The second-order valence-corrected chi connectivity index (χ2v) is 12.6. The van der Waals surface area contributed by atoms with Gasteiger partial charge in [-0.25, -0.2) is 27.2 Å². The maximum atomic E-state index is 15.3. The van der Waals surface area contributed by atoms with Crippen LogP contribution in [0.4, 0.5) is 33.5 Å². The first kappa shape index (κ1) is 31.1. The molecule has 1 N–H and O–H groups in total. The number of aromatic nitrogens is 2. The van der Waals surface area contributed by atoms with Crippen molar-refractivity contribution in [3.05, 3.63) is 77.8 Å². The second-order valence-electron chi connectivity index (χ2n) is 11.0. The molecule has 8 nitrogen and oxygen atoms in total. The van der Waals surface area contributed by atoms with Crippen molar-refractivity contribution in [2.24, 2.45) is 0 Å². The molecule has 14 heteroatoms. The molecule has 0 unspecified atom stereocenters. The molecule has 5 rings (SSSR count). The Morgan fingerprint density at radius 2 is 1.93 bits per heavy atom. The number of nitrogens with zero attached hydrogens (tertiary/aromatic N) is 4. The topological polar surface area (TPSA) is 87.7 Å². The third-order valence-electron chi connectivity index (χ3n) is 8.33. The number of sulfonamides is 1. The highest BCUT2D eigenvalue weighted by Gasteiger charge is 2.43. The summed E-state index contributed by atoms with van der Waals surface area (Å²) in [5, 5.41) is 0. The summed E-state index contributed by atoms with van der Waals surface area (Å²) in [6.45, 7) is 1.91. The zero-order valence-electron chi connectivity index (χ0n) is 23.4. The molecule has 0 bridgehead atoms. The first-order valence-electron chi connectivity index (χ1n) is 13.9. The summed E-state index contributed by atoms with van der Waals surface area (Å²) in [4.78, 5) is 10.3. The lowest BCUT2D eigenvalue weighted by molar-refractivity contribution is -0.137. The molecular weight excluding hydrogens is 593 g/mol. The van der Waals surface area contributed by atoms with Gasteiger partial charge in [0.05, 0.1) is 12.2 Å². The molecule has 1 aromatic heterocycles. The van der Waals surface area contributed by atoms with Crippen LogP contribution in [-0.2, 0) is 27.4 Å². The summed E-state index contributed by atoms with van der Waals surface area (Å²) in [5.74, 6) is -2.65. The Morgan fingerprint density at radius 3 is 2.58 bits per heavy atom. The predicted molar refractivity (Wildman–Crippen MR) is 150 cm³/mol.